The van der Waals surface area contributed by atoms with Crippen molar-refractivity contribution in [2.75, 3.05) is 19.8 Å². The minimum Gasteiger partial charge on any atom is -0.490 e. The largest absolute Gasteiger partial charge is 0.490 e. The van der Waals surface area contributed by atoms with Crippen LogP contribution in [0.15, 0.2) is 24.3 Å². The lowest BCUT2D eigenvalue weighted by atomic mass is 10.0. The molecule has 1 saturated heterocycles. The predicted octanol–water partition coefficient (Wildman–Crippen LogP) is 2.56. The molecule has 0 radical (unpaired) electrons. The maximum absolute atomic E-state index is 11.9. The molecule has 0 saturated carbocycles. The number of aliphatic hydroxyl groups is 1. The van der Waals surface area contributed by atoms with Gasteiger partial charge in [-0.3, -0.25) is 4.90 Å². The molecule has 1 aromatic carbocycles. The molecule has 116 valence electrons. The van der Waals surface area contributed by atoms with E-state index in [4.69, 9.17) is 21.1 Å². The van der Waals surface area contributed by atoms with Crippen LogP contribution in [-0.4, -0.2) is 48.0 Å². The summed E-state index contributed by atoms with van der Waals surface area (Å²) in [4.78, 5) is 13.4. The first kappa shape index (κ1) is 15.9. The maximum atomic E-state index is 11.9. The van der Waals surface area contributed by atoms with Gasteiger partial charge >= 0.3 is 6.09 Å². The lowest BCUT2D eigenvalue weighted by Crippen LogP contribution is -2.42. The van der Waals surface area contributed by atoms with Gasteiger partial charge in [0.25, 0.3) is 0 Å². The van der Waals surface area contributed by atoms with Gasteiger partial charge in [0, 0.05) is 5.02 Å². The summed E-state index contributed by atoms with van der Waals surface area (Å²) in [6.07, 6.45) is -0.744. The number of benzene rings is 1. The molecule has 1 aromatic rings. The van der Waals surface area contributed by atoms with Crippen molar-refractivity contribution in [1.82, 2.24) is 4.90 Å². The van der Waals surface area contributed by atoms with Gasteiger partial charge in [-0.15, -0.1) is 0 Å². The van der Waals surface area contributed by atoms with Gasteiger partial charge in [0.15, 0.2) is 6.10 Å². The summed E-state index contributed by atoms with van der Waals surface area (Å²) < 4.78 is 10.9. The molecule has 0 aliphatic carbocycles. The Morgan fingerprint density at radius 1 is 1.52 bits per heavy atom. The molecule has 0 aromatic heterocycles. The van der Waals surface area contributed by atoms with E-state index in [1.54, 1.807) is 29.2 Å². The summed E-state index contributed by atoms with van der Waals surface area (Å²) >= 11 is 5.88. The number of carbonyl (C=O) groups is 1. The molecule has 1 heterocycles. The highest BCUT2D eigenvalue weighted by Crippen LogP contribution is 2.21. The van der Waals surface area contributed by atoms with E-state index >= 15 is 0 Å². The van der Waals surface area contributed by atoms with Crippen LogP contribution >= 0.6 is 11.6 Å². The second kappa shape index (κ2) is 7.00. The highest BCUT2D eigenvalue weighted by molar-refractivity contribution is 6.30. The predicted molar refractivity (Wildman–Crippen MR) is 79.6 cm³/mol. The van der Waals surface area contributed by atoms with E-state index in [1.165, 1.54) is 0 Å². The first-order valence-electron chi connectivity index (χ1n) is 6.97. The van der Waals surface area contributed by atoms with E-state index in [2.05, 4.69) is 0 Å². The van der Waals surface area contributed by atoms with E-state index in [1.807, 2.05) is 13.8 Å². The molecule has 2 rings (SSSR count). The van der Waals surface area contributed by atoms with Crippen LogP contribution in [0.25, 0.3) is 0 Å². The fourth-order valence-electron chi connectivity index (χ4n) is 2.31. The van der Waals surface area contributed by atoms with Gasteiger partial charge < -0.3 is 14.6 Å². The highest BCUT2D eigenvalue weighted by Gasteiger charge is 2.37. The SMILES string of the molecule is CC(C)C(CO)N1CC(COc2cccc(Cl)c2)OC1=O. The number of halogens is 1. The van der Waals surface area contributed by atoms with Gasteiger partial charge in [-0.05, 0) is 24.1 Å². The number of aliphatic hydroxyl groups excluding tert-OH is 1. The summed E-state index contributed by atoms with van der Waals surface area (Å²) in [6.45, 7) is 4.53. The number of hydrogen-bond donors (Lipinski definition) is 1. The number of rotatable bonds is 6. The Balaban J connectivity index is 1.90. The molecule has 1 N–H and O–H groups in total. The van der Waals surface area contributed by atoms with Crippen LogP contribution in [0, 0.1) is 5.92 Å². The Morgan fingerprint density at radius 2 is 2.29 bits per heavy atom. The molecule has 1 amide bonds. The third-order valence-electron chi connectivity index (χ3n) is 3.49. The quantitative estimate of drug-likeness (QED) is 0.877. The smallest absolute Gasteiger partial charge is 0.410 e. The van der Waals surface area contributed by atoms with E-state index in [-0.39, 0.29) is 31.3 Å². The summed E-state index contributed by atoms with van der Waals surface area (Å²) in [6, 6.07) is 6.84. The van der Waals surface area contributed by atoms with Crippen molar-refractivity contribution < 1.29 is 19.4 Å². The molecule has 1 fully saturated rings. The summed E-state index contributed by atoms with van der Waals surface area (Å²) in [5, 5.41) is 10.00. The minimum absolute atomic E-state index is 0.0748. The fraction of sp³-hybridized carbons (Fsp3) is 0.533. The molecule has 2 atom stereocenters. The van der Waals surface area contributed by atoms with Gasteiger partial charge in [0.2, 0.25) is 0 Å². The third-order valence-corrected chi connectivity index (χ3v) is 3.73. The molecular formula is C15H20ClNO4. The summed E-state index contributed by atoms with van der Waals surface area (Å²) in [7, 11) is 0. The zero-order valence-electron chi connectivity index (χ0n) is 12.2. The molecule has 21 heavy (non-hydrogen) atoms. The molecule has 0 bridgehead atoms. The Morgan fingerprint density at radius 3 is 2.90 bits per heavy atom. The Bertz CT molecular complexity index is 494. The lowest BCUT2D eigenvalue weighted by molar-refractivity contribution is 0.0941. The van der Waals surface area contributed by atoms with Crippen molar-refractivity contribution in [2.24, 2.45) is 5.92 Å². The van der Waals surface area contributed by atoms with Gasteiger partial charge in [-0.25, -0.2) is 4.79 Å². The van der Waals surface area contributed by atoms with Crippen molar-refractivity contribution in [3.63, 3.8) is 0 Å². The molecule has 5 nitrogen and oxygen atoms in total. The van der Waals surface area contributed by atoms with E-state index in [0.717, 1.165) is 0 Å². The molecule has 0 spiro atoms. The number of cyclic esters (lactones) is 1. The van der Waals surface area contributed by atoms with E-state index in [0.29, 0.717) is 17.3 Å². The molecule has 1 aliphatic rings. The molecular weight excluding hydrogens is 294 g/mol. The van der Waals surface area contributed by atoms with Crippen LogP contribution in [-0.2, 0) is 4.74 Å². The minimum atomic E-state index is -0.401. The zero-order chi connectivity index (χ0) is 15.4. The standard InChI is InChI=1S/C15H20ClNO4/c1-10(2)14(8-18)17-7-13(21-15(17)19)9-20-12-5-3-4-11(16)6-12/h3-6,10,13-14,18H,7-9H2,1-2H3. The molecule has 6 heteroatoms. The third kappa shape index (κ3) is 4.02. The number of ether oxygens (including phenoxy) is 2. The van der Waals surface area contributed by atoms with Crippen molar-refractivity contribution in [3.8, 4) is 5.75 Å². The Hall–Kier alpha value is -1.46. The fourth-order valence-corrected chi connectivity index (χ4v) is 2.49. The van der Waals surface area contributed by atoms with Crippen LogP contribution in [0.3, 0.4) is 0 Å². The van der Waals surface area contributed by atoms with E-state index < -0.39 is 6.09 Å². The maximum Gasteiger partial charge on any atom is 0.410 e. The van der Waals surface area contributed by atoms with Crippen molar-refractivity contribution >= 4 is 17.7 Å². The van der Waals surface area contributed by atoms with Crippen LogP contribution in [0.4, 0.5) is 4.79 Å². The van der Waals surface area contributed by atoms with Crippen LogP contribution < -0.4 is 4.74 Å². The summed E-state index contributed by atoms with van der Waals surface area (Å²) in [5.74, 6) is 0.801. The van der Waals surface area contributed by atoms with E-state index in [9.17, 15) is 9.90 Å². The zero-order valence-corrected chi connectivity index (χ0v) is 12.9. The average molecular weight is 314 g/mol. The van der Waals surface area contributed by atoms with Crippen molar-refractivity contribution in [3.05, 3.63) is 29.3 Å². The normalized spacial score (nSPS) is 19.8. The lowest BCUT2D eigenvalue weighted by Gasteiger charge is -2.27. The van der Waals surface area contributed by atoms with Crippen molar-refractivity contribution in [1.29, 1.82) is 0 Å². The van der Waals surface area contributed by atoms with Gasteiger partial charge in [0.1, 0.15) is 12.4 Å². The highest BCUT2D eigenvalue weighted by atomic mass is 35.5. The number of amides is 1. The molecule has 2 unspecified atom stereocenters. The first-order valence-corrected chi connectivity index (χ1v) is 7.35. The Kier molecular flexibility index (Phi) is 5.31. The van der Waals surface area contributed by atoms with Crippen LogP contribution in [0.2, 0.25) is 5.02 Å². The van der Waals surface area contributed by atoms with Crippen LogP contribution in [0.5, 0.6) is 5.75 Å². The Labute approximate surface area is 129 Å². The number of carbonyl (C=O) groups excluding carboxylic acids is 1. The second-order valence-corrected chi connectivity index (χ2v) is 5.86. The second-order valence-electron chi connectivity index (χ2n) is 5.42. The monoisotopic (exact) mass is 313 g/mol. The van der Waals surface area contributed by atoms with Crippen molar-refractivity contribution in [2.45, 2.75) is 26.0 Å². The number of hydrogen-bond acceptors (Lipinski definition) is 4. The number of nitrogens with zero attached hydrogens (tertiary/aromatic N) is 1. The van der Waals surface area contributed by atoms with Crippen LogP contribution in [0.1, 0.15) is 13.8 Å². The molecule has 1 aliphatic heterocycles. The van der Waals surface area contributed by atoms with Gasteiger partial charge in [0.05, 0.1) is 19.2 Å². The summed E-state index contributed by atoms with van der Waals surface area (Å²) in [5.41, 5.74) is 0. The first-order chi connectivity index (χ1) is 10.0. The van der Waals surface area contributed by atoms with Gasteiger partial charge in [-0.2, -0.15) is 0 Å². The average Bonchev–Trinajstić information content (AvgIpc) is 2.78. The van der Waals surface area contributed by atoms with Gasteiger partial charge in [-0.1, -0.05) is 31.5 Å². The topological polar surface area (TPSA) is 59.0 Å².